The third-order valence-electron chi connectivity index (χ3n) is 3.98. The van der Waals surface area contributed by atoms with E-state index in [1.165, 1.54) is 11.1 Å². The number of H-pyrrole nitrogens is 1. The van der Waals surface area contributed by atoms with Gasteiger partial charge in [0.25, 0.3) is 0 Å². The zero-order valence-electron chi connectivity index (χ0n) is 11.8. The molecule has 0 radical (unpaired) electrons. The lowest BCUT2D eigenvalue weighted by Crippen LogP contribution is -2.25. The number of rotatable bonds is 3. The number of likely N-dealkylation sites (N-methyl/N-ethyl adjacent to an activating group) is 1. The molecule has 0 fully saturated rings. The second-order valence-electron chi connectivity index (χ2n) is 5.32. The fraction of sp³-hybridized carbons (Fsp3) is 0.250. The molecule has 3 heterocycles. The molecule has 5 nitrogen and oxygen atoms in total. The van der Waals surface area contributed by atoms with Gasteiger partial charge in [0.15, 0.2) is 0 Å². The van der Waals surface area contributed by atoms with Gasteiger partial charge in [0, 0.05) is 19.8 Å². The molecule has 0 spiro atoms. The third kappa shape index (κ3) is 2.06. The van der Waals surface area contributed by atoms with Crippen LogP contribution < -0.4 is 4.90 Å². The Balaban J connectivity index is 1.62. The first-order valence-electron chi connectivity index (χ1n) is 7.01. The van der Waals surface area contributed by atoms with E-state index in [1.54, 1.807) is 6.33 Å². The number of fused-ring (bicyclic) bond motifs is 2. The summed E-state index contributed by atoms with van der Waals surface area (Å²) in [6.07, 6.45) is 3.57. The maximum atomic E-state index is 5.92. The van der Waals surface area contributed by atoms with Crippen LogP contribution in [-0.2, 0) is 11.3 Å². The van der Waals surface area contributed by atoms with Crippen molar-refractivity contribution in [1.82, 2.24) is 15.0 Å². The molecule has 1 atom stereocenters. The van der Waals surface area contributed by atoms with E-state index in [0.29, 0.717) is 6.61 Å². The van der Waals surface area contributed by atoms with Crippen LogP contribution in [0.4, 0.5) is 5.82 Å². The quantitative estimate of drug-likeness (QED) is 0.801. The standard InChI is InChI=1S/C16H16N4O/c1-20(16-13-6-7-17-15(13)18-10-19-16)8-14-12-5-3-2-4-11(12)9-21-14/h2-7,10,14H,8-9H2,1H3,(H,17,18,19). The van der Waals surface area contributed by atoms with Crippen LogP contribution in [0.25, 0.3) is 11.0 Å². The first-order valence-corrected chi connectivity index (χ1v) is 7.01. The van der Waals surface area contributed by atoms with E-state index < -0.39 is 0 Å². The topological polar surface area (TPSA) is 54.0 Å². The Morgan fingerprint density at radius 2 is 2.19 bits per heavy atom. The highest BCUT2D eigenvalue weighted by molar-refractivity contribution is 5.87. The van der Waals surface area contributed by atoms with Crippen molar-refractivity contribution in [2.24, 2.45) is 0 Å². The zero-order chi connectivity index (χ0) is 14.2. The van der Waals surface area contributed by atoms with Crippen molar-refractivity contribution in [2.45, 2.75) is 12.7 Å². The number of hydrogen-bond donors (Lipinski definition) is 1. The van der Waals surface area contributed by atoms with Gasteiger partial charge < -0.3 is 14.6 Å². The maximum Gasteiger partial charge on any atom is 0.142 e. The second kappa shape index (κ2) is 4.86. The van der Waals surface area contributed by atoms with Gasteiger partial charge in [0.1, 0.15) is 23.9 Å². The van der Waals surface area contributed by atoms with Crippen LogP contribution >= 0.6 is 0 Å². The molecule has 4 rings (SSSR count). The van der Waals surface area contributed by atoms with Gasteiger partial charge in [-0.25, -0.2) is 9.97 Å². The third-order valence-corrected chi connectivity index (χ3v) is 3.98. The van der Waals surface area contributed by atoms with Crippen LogP contribution in [0, 0.1) is 0 Å². The van der Waals surface area contributed by atoms with E-state index in [9.17, 15) is 0 Å². The second-order valence-corrected chi connectivity index (χ2v) is 5.32. The minimum atomic E-state index is 0.0927. The van der Waals surface area contributed by atoms with Crippen LogP contribution in [0.1, 0.15) is 17.2 Å². The highest BCUT2D eigenvalue weighted by Crippen LogP contribution is 2.32. The molecule has 0 aliphatic carbocycles. The number of anilines is 1. The van der Waals surface area contributed by atoms with Crippen molar-refractivity contribution >= 4 is 16.9 Å². The molecule has 1 unspecified atom stereocenters. The predicted molar refractivity (Wildman–Crippen MR) is 81.1 cm³/mol. The molecular formula is C16H16N4O. The summed E-state index contributed by atoms with van der Waals surface area (Å²) in [5, 5.41) is 1.03. The summed E-state index contributed by atoms with van der Waals surface area (Å²) >= 11 is 0. The van der Waals surface area contributed by atoms with Gasteiger partial charge in [-0.05, 0) is 17.2 Å². The summed E-state index contributed by atoms with van der Waals surface area (Å²) in [5.74, 6) is 0.925. The van der Waals surface area contributed by atoms with E-state index in [-0.39, 0.29) is 6.10 Å². The Morgan fingerprint density at radius 3 is 3.14 bits per heavy atom. The Kier molecular flexibility index (Phi) is 2.86. The van der Waals surface area contributed by atoms with E-state index in [4.69, 9.17) is 4.74 Å². The number of nitrogens with one attached hydrogen (secondary N) is 1. The minimum Gasteiger partial charge on any atom is -0.367 e. The molecule has 5 heteroatoms. The van der Waals surface area contributed by atoms with E-state index in [2.05, 4.69) is 44.1 Å². The number of benzene rings is 1. The van der Waals surface area contributed by atoms with E-state index in [1.807, 2.05) is 19.3 Å². The fourth-order valence-corrected chi connectivity index (χ4v) is 2.91. The van der Waals surface area contributed by atoms with Gasteiger partial charge in [0.05, 0.1) is 12.0 Å². The number of aromatic amines is 1. The van der Waals surface area contributed by atoms with Crippen molar-refractivity contribution in [3.8, 4) is 0 Å². The van der Waals surface area contributed by atoms with E-state index in [0.717, 1.165) is 23.4 Å². The van der Waals surface area contributed by atoms with Gasteiger partial charge in [0.2, 0.25) is 0 Å². The Labute approximate surface area is 122 Å². The maximum absolute atomic E-state index is 5.92. The SMILES string of the molecule is CN(CC1OCc2ccccc21)c1ncnc2[nH]ccc12. The lowest BCUT2D eigenvalue weighted by Gasteiger charge is -2.22. The van der Waals surface area contributed by atoms with Gasteiger partial charge in [-0.1, -0.05) is 24.3 Å². The number of nitrogens with zero attached hydrogens (tertiary/aromatic N) is 3. The summed E-state index contributed by atoms with van der Waals surface area (Å²) < 4.78 is 5.92. The van der Waals surface area contributed by atoms with Gasteiger partial charge in [-0.2, -0.15) is 0 Å². The molecule has 0 amide bonds. The summed E-state index contributed by atoms with van der Waals surface area (Å²) in [6.45, 7) is 1.46. The van der Waals surface area contributed by atoms with Gasteiger partial charge in [-0.3, -0.25) is 0 Å². The minimum absolute atomic E-state index is 0.0927. The smallest absolute Gasteiger partial charge is 0.142 e. The number of aromatic nitrogens is 3. The summed E-state index contributed by atoms with van der Waals surface area (Å²) in [7, 11) is 2.04. The normalized spacial score (nSPS) is 17.1. The van der Waals surface area contributed by atoms with Crippen molar-refractivity contribution in [3.63, 3.8) is 0 Å². The molecule has 2 aromatic heterocycles. The molecule has 1 N–H and O–H groups in total. The average molecular weight is 280 g/mol. The van der Waals surface area contributed by atoms with Crippen LogP contribution in [0.5, 0.6) is 0 Å². The predicted octanol–water partition coefficient (Wildman–Crippen LogP) is 2.67. The molecule has 21 heavy (non-hydrogen) atoms. The van der Waals surface area contributed by atoms with E-state index >= 15 is 0 Å². The first-order chi connectivity index (χ1) is 10.3. The van der Waals surface area contributed by atoms with Gasteiger partial charge in [-0.15, -0.1) is 0 Å². The van der Waals surface area contributed by atoms with Crippen LogP contribution in [0.2, 0.25) is 0 Å². The van der Waals surface area contributed by atoms with Crippen LogP contribution in [0.15, 0.2) is 42.9 Å². The molecule has 1 aliphatic rings. The van der Waals surface area contributed by atoms with Gasteiger partial charge >= 0.3 is 0 Å². The molecule has 0 saturated heterocycles. The average Bonchev–Trinajstić information content (AvgIpc) is 3.14. The molecule has 0 saturated carbocycles. The highest BCUT2D eigenvalue weighted by atomic mass is 16.5. The summed E-state index contributed by atoms with van der Waals surface area (Å²) in [5.41, 5.74) is 3.42. The zero-order valence-corrected chi connectivity index (χ0v) is 11.8. The molecular weight excluding hydrogens is 264 g/mol. The Bertz CT molecular complexity index is 783. The monoisotopic (exact) mass is 280 g/mol. The lowest BCUT2D eigenvalue weighted by atomic mass is 10.1. The molecule has 3 aromatic rings. The molecule has 1 aliphatic heterocycles. The molecule has 1 aromatic carbocycles. The largest absolute Gasteiger partial charge is 0.367 e. The molecule has 0 bridgehead atoms. The highest BCUT2D eigenvalue weighted by Gasteiger charge is 2.24. The van der Waals surface area contributed by atoms with Crippen molar-refractivity contribution in [3.05, 3.63) is 54.0 Å². The first kappa shape index (κ1) is 12.3. The van der Waals surface area contributed by atoms with Crippen molar-refractivity contribution in [2.75, 3.05) is 18.5 Å². The van der Waals surface area contributed by atoms with Crippen molar-refractivity contribution < 1.29 is 4.74 Å². The Hall–Kier alpha value is -2.40. The van der Waals surface area contributed by atoms with Crippen LogP contribution in [0.3, 0.4) is 0 Å². The summed E-state index contributed by atoms with van der Waals surface area (Å²) in [6, 6.07) is 10.4. The number of hydrogen-bond acceptors (Lipinski definition) is 4. The lowest BCUT2D eigenvalue weighted by molar-refractivity contribution is 0.0715. The Morgan fingerprint density at radius 1 is 1.29 bits per heavy atom. The van der Waals surface area contributed by atoms with Crippen LogP contribution in [-0.4, -0.2) is 28.5 Å². The summed E-state index contributed by atoms with van der Waals surface area (Å²) in [4.78, 5) is 13.9. The fourth-order valence-electron chi connectivity index (χ4n) is 2.91. The van der Waals surface area contributed by atoms with Crippen molar-refractivity contribution in [1.29, 1.82) is 0 Å². The molecule has 106 valence electrons. The number of ether oxygens (including phenoxy) is 1.